The fourth-order valence-corrected chi connectivity index (χ4v) is 2.98. The molecule has 3 aromatic rings. The number of thiophene rings is 1. The zero-order valence-corrected chi connectivity index (χ0v) is 14.7. The lowest BCUT2D eigenvalue weighted by molar-refractivity contribution is -0.384. The molecule has 0 bridgehead atoms. The monoisotopic (exact) mass is 384 g/mol. The van der Waals surface area contributed by atoms with Crippen molar-refractivity contribution in [3.63, 3.8) is 0 Å². The highest BCUT2D eigenvalue weighted by Crippen LogP contribution is 2.17. The van der Waals surface area contributed by atoms with Crippen molar-refractivity contribution in [3.8, 4) is 5.69 Å². The second-order valence-corrected chi connectivity index (χ2v) is 6.37. The van der Waals surface area contributed by atoms with Crippen molar-refractivity contribution in [1.29, 1.82) is 0 Å². The van der Waals surface area contributed by atoms with E-state index in [1.807, 2.05) is 0 Å². The van der Waals surface area contributed by atoms with Crippen molar-refractivity contribution < 1.29 is 14.5 Å². The molecule has 0 unspecified atom stereocenters. The van der Waals surface area contributed by atoms with Gasteiger partial charge in [-0.3, -0.25) is 24.5 Å². The molecule has 0 fully saturated rings. The number of nitrogens with one attached hydrogen (secondary N) is 1. The van der Waals surface area contributed by atoms with E-state index in [-0.39, 0.29) is 22.8 Å². The van der Waals surface area contributed by atoms with Gasteiger partial charge in [0.25, 0.3) is 11.2 Å². The molecule has 0 atom stereocenters. The van der Waals surface area contributed by atoms with Crippen molar-refractivity contribution in [2.24, 2.45) is 0 Å². The molecule has 3 rings (SSSR count). The first kappa shape index (κ1) is 18.1. The summed E-state index contributed by atoms with van der Waals surface area (Å²) >= 11 is 1.22. The van der Waals surface area contributed by atoms with Crippen LogP contribution in [0.5, 0.6) is 0 Å². The molecule has 0 spiro atoms. The average molecular weight is 384 g/mol. The molecule has 0 radical (unpaired) electrons. The number of ketones is 1. The Balaban J connectivity index is 2.15. The fraction of sp³-hybridized carbons (Fsp3) is 0.0588. The van der Waals surface area contributed by atoms with Gasteiger partial charge in [0.2, 0.25) is 11.7 Å². The number of nitrogens with zero attached hydrogens (tertiary/aromatic N) is 3. The summed E-state index contributed by atoms with van der Waals surface area (Å²) in [5, 5.41) is 19.0. The summed E-state index contributed by atoms with van der Waals surface area (Å²) in [6.07, 6.45) is 0. The lowest BCUT2D eigenvalue weighted by Gasteiger charge is -2.10. The zero-order chi connectivity index (χ0) is 19.6. The summed E-state index contributed by atoms with van der Waals surface area (Å²) in [6.45, 7) is 1.23. The van der Waals surface area contributed by atoms with E-state index >= 15 is 0 Å². The molecule has 0 saturated carbocycles. The molecule has 27 heavy (non-hydrogen) atoms. The van der Waals surface area contributed by atoms with Crippen LogP contribution in [0.2, 0.25) is 0 Å². The van der Waals surface area contributed by atoms with Gasteiger partial charge in [0.05, 0.1) is 15.5 Å². The molecular formula is C17H12N4O5S. The molecule has 1 amide bonds. The predicted octanol–water partition coefficient (Wildman–Crippen LogP) is 2.39. The molecule has 0 aliphatic rings. The number of carbonyl (C=O) groups is 2. The SMILES string of the molecule is CC(=O)Nc1cc(C(=O)c2cccs2)nn(-c2ccc([N+](=O)[O-])cc2)c1=O. The Hall–Kier alpha value is -3.66. The summed E-state index contributed by atoms with van der Waals surface area (Å²) in [4.78, 5) is 47.3. The highest BCUT2D eigenvalue weighted by atomic mass is 32.1. The molecule has 0 aliphatic heterocycles. The van der Waals surface area contributed by atoms with Gasteiger partial charge in [0.1, 0.15) is 11.4 Å². The zero-order valence-electron chi connectivity index (χ0n) is 13.9. The van der Waals surface area contributed by atoms with Gasteiger partial charge < -0.3 is 5.32 Å². The van der Waals surface area contributed by atoms with E-state index in [2.05, 4.69) is 10.4 Å². The van der Waals surface area contributed by atoms with Crippen LogP contribution in [-0.2, 0) is 4.79 Å². The van der Waals surface area contributed by atoms with Gasteiger partial charge in [-0.25, -0.2) is 0 Å². The molecule has 9 nitrogen and oxygen atoms in total. The minimum absolute atomic E-state index is 0.0425. The third-order valence-electron chi connectivity index (χ3n) is 3.50. The number of non-ortho nitro benzene ring substituents is 1. The van der Waals surface area contributed by atoms with Crippen LogP contribution in [0.15, 0.2) is 52.6 Å². The largest absolute Gasteiger partial charge is 0.322 e. The summed E-state index contributed by atoms with van der Waals surface area (Å²) in [6, 6.07) is 9.65. The third kappa shape index (κ3) is 3.80. The summed E-state index contributed by atoms with van der Waals surface area (Å²) in [5.74, 6) is -0.893. The number of carbonyl (C=O) groups excluding carboxylic acids is 2. The highest BCUT2D eigenvalue weighted by molar-refractivity contribution is 7.12. The van der Waals surface area contributed by atoms with Gasteiger partial charge in [-0.15, -0.1) is 11.3 Å². The van der Waals surface area contributed by atoms with Crippen LogP contribution in [0.4, 0.5) is 11.4 Å². The number of hydrogen-bond donors (Lipinski definition) is 1. The summed E-state index contributed by atoms with van der Waals surface area (Å²) < 4.78 is 0.926. The average Bonchev–Trinajstić information content (AvgIpc) is 3.17. The topological polar surface area (TPSA) is 124 Å². The number of amides is 1. The van der Waals surface area contributed by atoms with Gasteiger partial charge in [0.15, 0.2) is 0 Å². The number of nitro benzene ring substituents is 1. The molecule has 2 heterocycles. The Kier molecular flexibility index (Phi) is 4.90. The smallest absolute Gasteiger partial charge is 0.295 e. The molecule has 1 aromatic carbocycles. The molecular weight excluding hydrogens is 372 g/mol. The number of aromatic nitrogens is 2. The predicted molar refractivity (Wildman–Crippen MR) is 98.5 cm³/mol. The number of rotatable bonds is 5. The van der Waals surface area contributed by atoms with Crippen LogP contribution < -0.4 is 10.9 Å². The Labute approximate surface area is 156 Å². The maximum atomic E-state index is 12.6. The number of anilines is 1. The van der Waals surface area contributed by atoms with Crippen LogP contribution >= 0.6 is 11.3 Å². The van der Waals surface area contributed by atoms with Crippen LogP contribution in [0.3, 0.4) is 0 Å². The Morgan fingerprint density at radius 2 is 1.93 bits per heavy atom. The van der Waals surface area contributed by atoms with E-state index in [9.17, 15) is 24.5 Å². The van der Waals surface area contributed by atoms with Crippen molar-refractivity contribution >= 4 is 34.4 Å². The van der Waals surface area contributed by atoms with Gasteiger partial charge in [0, 0.05) is 19.1 Å². The number of benzene rings is 1. The maximum absolute atomic E-state index is 12.6. The highest BCUT2D eigenvalue weighted by Gasteiger charge is 2.18. The Morgan fingerprint density at radius 1 is 1.22 bits per heavy atom. The maximum Gasteiger partial charge on any atom is 0.295 e. The van der Waals surface area contributed by atoms with Crippen molar-refractivity contribution in [2.75, 3.05) is 5.32 Å². The van der Waals surface area contributed by atoms with Crippen LogP contribution in [0.25, 0.3) is 5.69 Å². The number of nitro groups is 1. The van der Waals surface area contributed by atoms with Gasteiger partial charge >= 0.3 is 0 Å². The van der Waals surface area contributed by atoms with E-state index in [0.29, 0.717) is 4.88 Å². The van der Waals surface area contributed by atoms with Gasteiger partial charge in [-0.1, -0.05) is 6.07 Å². The molecule has 0 saturated heterocycles. The minimum Gasteiger partial charge on any atom is -0.322 e. The second kappa shape index (κ2) is 7.30. The summed E-state index contributed by atoms with van der Waals surface area (Å²) in [5.41, 5.74) is -0.755. The molecule has 136 valence electrons. The van der Waals surface area contributed by atoms with Crippen molar-refractivity contribution in [1.82, 2.24) is 9.78 Å². The quantitative estimate of drug-likeness (QED) is 0.409. The lowest BCUT2D eigenvalue weighted by Crippen LogP contribution is -2.28. The van der Waals surface area contributed by atoms with Crippen molar-refractivity contribution in [2.45, 2.75) is 6.92 Å². The van der Waals surface area contributed by atoms with E-state index in [0.717, 1.165) is 4.68 Å². The first-order chi connectivity index (χ1) is 12.9. The van der Waals surface area contributed by atoms with E-state index in [1.54, 1.807) is 17.5 Å². The normalized spacial score (nSPS) is 10.4. The summed E-state index contributed by atoms with van der Waals surface area (Å²) in [7, 11) is 0. The third-order valence-corrected chi connectivity index (χ3v) is 4.37. The standard InChI is InChI=1S/C17H12N4O5S/c1-10(22)18-14-9-13(16(23)15-3-2-8-27-15)19-20(17(14)24)11-4-6-12(7-5-11)21(25)26/h2-9H,1H3,(H,18,22). The first-order valence-electron chi connectivity index (χ1n) is 7.62. The van der Waals surface area contributed by atoms with Gasteiger partial charge in [-0.05, 0) is 29.6 Å². The number of hydrogen-bond acceptors (Lipinski definition) is 7. The molecule has 2 aromatic heterocycles. The van der Waals surface area contributed by atoms with Crippen molar-refractivity contribution in [3.05, 3.63) is 78.9 Å². The molecule has 1 N–H and O–H groups in total. The van der Waals surface area contributed by atoms with Gasteiger partial charge in [-0.2, -0.15) is 9.78 Å². The first-order valence-corrected chi connectivity index (χ1v) is 8.50. The Morgan fingerprint density at radius 3 is 2.48 bits per heavy atom. The van der Waals surface area contributed by atoms with E-state index in [4.69, 9.17) is 0 Å². The van der Waals surface area contributed by atoms with Crippen LogP contribution in [-0.4, -0.2) is 26.4 Å². The lowest BCUT2D eigenvalue weighted by atomic mass is 10.2. The molecule has 10 heteroatoms. The van der Waals surface area contributed by atoms with Crippen LogP contribution in [0.1, 0.15) is 22.3 Å². The van der Waals surface area contributed by atoms with E-state index in [1.165, 1.54) is 48.6 Å². The minimum atomic E-state index is -0.665. The Bertz CT molecular complexity index is 1090. The van der Waals surface area contributed by atoms with E-state index < -0.39 is 22.2 Å². The van der Waals surface area contributed by atoms with Crippen LogP contribution in [0, 0.1) is 10.1 Å². The second-order valence-electron chi connectivity index (χ2n) is 5.42. The molecule has 0 aliphatic carbocycles. The fourth-order valence-electron chi connectivity index (χ4n) is 2.31.